The van der Waals surface area contributed by atoms with Crippen molar-refractivity contribution >= 4 is 35.2 Å². The predicted octanol–water partition coefficient (Wildman–Crippen LogP) is 4.15. The highest BCUT2D eigenvalue weighted by Gasteiger charge is 2.11. The Morgan fingerprint density at radius 2 is 1.89 bits per heavy atom. The number of amides is 1. The van der Waals surface area contributed by atoms with E-state index in [2.05, 4.69) is 10.1 Å². The second-order valence-electron chi connectivity index (χ2n) is 5.29. The van der Waals surface area contributed by atoms with Gasteiger partial charge in [-0.05, 0) is 42.0 Å². The molecular weight excluding hydrogens is 396 g/mol. The fourth-order valence-corrected chi connectivity index (χ4v) is 2.26. The van der Waals surface area contributed by atoms with Crippen LogP contribution in [0.5, 0.6) is 11.5 Å². The van der Waals surface area contributed by atoms with Crippen LogP contribution in [0.4, 0.5) is 14.5 Å². The van der Waals surface area contributed by atoms with Crippen LogP contribution in [0.1, 0.15) is 5.56 Å². The largest absolute Gasteiger partial charge is 0.497 e. The van der Waals surface area contributed by atoms with Gasteiger partial charge >= 0.3 is 12.6 Å². The molecule has 2 aromatic rings. The minimum absolute atomic E-state index is 0.0995. The Morgan fingerprint density at radius 1 is 1.18 bits per heavy atom. The maximum Gasteiger partial charge on any atom is 0.387 e. The number of esters is 1. The van der Waals surface area contributed by atoms with Crippen molar-refractivity contribution in [2.75, 3.05) is 19.0 Å². The number of carbonyl (C=O) groups is 2. The lowest BCUT2D eigenvalue weighted by Crippen LogP contribution is -2.20. The Kier molecular flexibility index (Phi) is 7.76. The highest BCUT2D eigenvalue weighted by atomic mass is 35.5. The zero-order chi connectivity index (χ0) is 20.5. The van der Waals surface area contributed by atoms with Crippen molar-refractivity contribution in [2.45, 2.75) is 6.61 Å². The van der Waals surface area contributed by atoms with Crippen molar-refractivity contribution in [3.8, 4) is 11.5 Å². The number of hydrogen-bond acceptors (Lipinski definition) is 5. The third-order valence-corrected chi connectivity index (χ3v) is 3.60. The normalized spacial score (nSPS) is 10.8. The van der Waals surface area contributed by atoms with Gasteiger partial charge in [-0.3, -0.25) is 4.79 Å². The van der Waals surface area contributed by atoms with Gasteiger partial charge in [-0.25, -0.2) is 4.79 Å². The molecule has 2 aromatic carbocycles. The van der Waals surface area contributed by atoms with E-state index < -0.39 is 25.1 Å². The van der Waals surface area contributed by atoms with Crippen LogP contribution < -0.4 is 14.8 Å². The molecule has 0 bridgehead atoms. The summed E-state index contributed by atoms with van der Waals surface area (Å²) in [5.74, 6) is -0.857. The van der Waals surface area contributed by atoms with Crippen LogP contribution in [-0.2, 0) is 14.3 Å². The number of carbonyl (C=O) groups excluding carboxylic acids is 2. The molecular formula is C19H16ClF2NO5. The van der Waals surface area contributed by atoms with Gasteiger partial charge in [-0.2, -0.15) is 8.78 Å². The van der Waals surface area contributed by atoms with Gasteiger partial charge in [0.1, 0.15) is 11.5 Å². The van der Waals surface area contributed by atoms with E-state index in [9.17, 15) is 18.4 Å². The Hall–Kier alpha value is -3.13. The number of anilines is 1. The third kappa shape index (κ3) is 6.88. The Balaban J connectivity index is 1.82. The Morgan fingerprint density at radius 3 is 2.50 bits per heavy atom. The molecule has 1 N–H and O–H groups in total. The molecule has 148 valence electrons. The molecule has 0 radical (unpaired) electrons. The molecule has 0 heterocycles. The highest BCUT2D eigenvalue weighted by molar-refractivity contribution is 6.32. The molecule has 0 unspecified atom stereocenters. The smallest absolute Gasteiger partial charge is 0.387 e. The van der Waals surface area contributed by atoms with E-state index in [4.69, 9.17) is 21.1 Å². The molecule has 0 saturated carbocycles. The zero-order valence-electron chi connectivity index (χ0n) is 14.7. The average molecular weight is 412 g/mol. The molecule has 0 spiro atoms. The minimum atomic E-state index is -3.01. The number of rotatable bonds is 8. The molecule has 0 saturated heterocycles. The molecule has 1 amide bonds. The second kappa shape index (κ2) is 10.3. The standard InChI is InChI=1S/C19H16ClF2NO5/c1-26-14-6-2-12(3-7-14)4-9-18(25)27-11-17(24)23-13-5-8-16(15(20)10-13)28-19(21)22/h2-10,19H,11H2,1H3,(H,23,24)/b9-4+. The summed E-state index contributed by atoms with van der Waals surface area (Å²) in [7, 11) is 1.55. The number of hydrogen-bond donors (Lipinski definition) is 1. The van der Waals surface area contributed by atoms with Gasteiger partial charge in [0.25, 0.3) is 5.91 Å². The van der Waals surface area contributed by atoms with Gasteiger partial charge in [0.05, 0.1) is 12.1 Å². The van der Waals surface area contributed by atoms with E-state index in [-0.39, 0.29) is 16.5 Å². The van der Waals surface area contributed by atoms with E-state index in [0.717, 1.165) is 5.56 Å². The lowest BCUT2D eigenvalue weighted by Gasteiger charge is -2.09. The van der Waals surface area contributed by atoms with Gasteiger partial charge in [0.2, 0.25) is 0 Å². The van der Waals surface area contributed by atoms with Gasteiger partial charge in [-0.15, -0.1) is 0 Å². The van der Waals surface area contributed by atoms with E-state index in [1.807, 2.05) is 0 Å². The van der Waals surface area contributed by atoms with E-state index in [1.165, 1.54) is 30.4 Å². The lowest BCUT2D eigenvalue weighted by atomic mass is 10.2. The monoisotopic (exact) mass is 411 g/mol. The quantitative estimate of drug-likeness (QED) is 0.522. The van der Waals surface area contributed by atoms with Crippen LogP contribution in [0.15, 0.2) is 48.5 Å². The molecule has 0 aromatic heterocycles. The summed E-state index contributed by atoms with van der Waals surface area (Å²) < 4.78 is 38.4. The SMILES string of the molecule is COc1ccc(/C=C/C(=O)OCC(=O)Nc2ccc(OC(F)F)c(Cl)c2)cc1. The summed E-state index contributed by atoms with van der Waals surface area (Å²) in [5, 5.41) is 2.32. The number of benzene rings is 2. The van der Waals surface area contributed by atoms with Crippen molar-refractivity contribution in [3.63, 3.8) is 0 Å². The summed E-state index contributed by atoms with van der Waals surface area (Å²) in [6, 6.07) is 10.7. The molecule has 2 rings (SSSR count). The van der Waals surface area contributed by atoms with Crippen molar-refractivity contribution in [3.05, 3.63) is 59.1 Å². The first-order valence-corrected chi connectivity index (χ1v) is 8.28. The molecule has 0 fully saturated rings. The Bertz CT molecular complexity index is 856. The number of ether oxygens (including phenoxy) is 3. The third-order valence-electron chi connectivity index (χ3n) is 3.30. The molecule has 0 atom stereocenters. The van der Waals surface area contributed by atoms with E-state index >= 15 is 0 Å². The fraction of sp³-hybridized carbons (Fsp3) is 0.158. The van der Waals surface area contributed by atoms with Gasteiger partial charge in [0, 0.05) is 11.8 Å². The molecule has 6 nitrogen and oxygen atoms in total. The number of nitrogens with one attached hydrogen (secondary N) is 1. The number of alkyl halides is 2. The number of halogens is 3. The topological polar surface area (TPSA) is 73.9 Å². The van der Waals surface area contributed by atoms with Crippen LogP contribution in [0, 0.1) is 0 Å². The second-order valence-corrected chi connectivity index (χ2v) is 5.69. The van der Waals surface area contributed by atoms with Gasteiger partial charge in [0.15, 0.2) is 6.61 Å². The number of methoxy groups -OCH3 is 1. The highest BCUT2D eigenvalue weighted by Crippen LogP contribution is 2.28. The van der Waals surface area contributed by atoms with Crippen LogP contribution in [0.25, 0.3) is 6.08 Å². The summed E-state index contributed by atoms with van der Waals surface area (Å²) in [6.45, 7) is -3.54. The molecule has 28 heavy (non-hydrogen) atoms. The summed E-state index contributed by atoms with van der Waals surface area (Å²) in [5.41, 5.74) is 0.990. The molecule has 0 aliphatic carbocycles. The maximum atomic E-state index is 12.2. The van der Waals surface area contributed by atoms with Crippen molar-refractivity contribution in [1.29, 1.82) is 0 Å². The van der Waals surface area contributed by atoms with Crippen molar-refractivity contribution in [2.24, 2.45) is 0 Å². The van der Waals surface area contributed by atoms with Crippen molar-refractivity contribution < 1.29 is 32.6 Å². The van der Waals surface area contributed by atoms with Crippen molar-refractivity contribution in [1.82, 2.24) is 0 Å². The maximum absolute atomic E-state index is 12.2. The average Bonchev–Trinajstić information content (AvgIpc) is 2.67. The summed E-state index contributed by atoms with van der Waals surface area (Å²) in [6.07, 6.45) is 2.71. The first-order chi connectivity index (χ1) is 13.4. The van der Waals surface area contributed by atoms with Crippen LogP contribution in [-0.4, -0.2) is 32.2 Å². The van der Waals surface area contributed by atoms with Crippen LogP contribution in [0.3, 0.4) is 0 Å². The molecule has 0 aliphatic rings. The molecule has 0 aliphatic heterocycles. The van der Waals surface area contributed by atoms with E-state index in [0.29, 0.717) is 5.75 Å². The predicted molar refractivity (Wildman–Crippen MR) is 99.7 cm³/mol. The summed E-state index contributed by atoms with van der Waals surface area (Å²) >= 11 is 5.79. The minimum Gasteiger partial charge on any atom is -0.497 e. The fourth-order valence-electron chi connectivity index (χ4n) is 2.03. The van der Waals surface area contributed by atoms with E-state index in [1.54, 1.807) is 31.4 Å². The first-order valence-electron chi connectivity index (χ1n) is 7.90. The molecule has 9 heteroatoms. The first kappa shape index (κ1) is 21.2. The van der Waals surface area contributed by atoms with Gasteiger partial charge in [-0.1, -0.05) is 23.7 Å². The van der Waals surface area contributed by atoms with Crippen LogP contribution in [0.2, 0.25) is 5.02 Å². The zero-order valence-corrected chi connectivity index (χ0v) is 15.4. The summed E-state index contributed by atoms with van der Waals surface area (Å²) in [4.78, 5) is 23.5. The Labute approximate surface area is 164 Å². The van der Waals surface area contributed by atoms with Gasteiger partial charge < -0.3 is 19.5 Å². The lowest BCUT2D eigenvalue weighted by molar-refractivity contribution is -0.142. The van der Waals surface area contributed by atoms with Crippen LogP contribution >= 0.6 is 11.6 Å².